The minimum Gasteiger partial charge on any atom is -0.484 e. The number of carboxylic acid groups (broad SMARTS) is 1. The number of amides is 1. The van der Waals surface area contributed by atoms with E-state index in [0.717, 1.165) is 19.3 Å². The first kappa shape index (κ1) is 12.4. The highest BCUT2D eigenvalue weighted by Gasteiger charge is 2.12. The summed E-state index contributed by atoms with van der Waals surface area (Å²) in [5, 5.41) is 10.6. The molecule has 0 saturated carbocycles. The third-order valence-corrected chi connectivity index (χ3v) is 2.88. The molecule has 96 valence electrons. The molecule has 5 heteroatoms. The Labute approximate surface area is 105 Å². The number of nitrogens with one attached hydrogen (secondary N) is 1. The van der Waals surface area contributed by atoms with Gasteiger partial charge in [-0.2, -0.15) is 0 Å². The average Bonchev–Trinajstić information content (AvgIpc) is 2.81. The molecule has 0 aliphatic heterocycles. The van der Waals surface area contributed by atoms with Crippen molar-refractivity contribution in [1.29, 1.82) is 0 Å². The number of carbonyl (C=O) groups is 2. The molecule has 0 bridgehead atoms. The predicted molar refractivity (Wildman–Crippen MR) is 64.6 cm³/mol. The lowest BCUT2D eigenvalue weighted by Gasteiger charge is -2.07. The van der Waals surface area contributed by atoms with E-state index in [1.54, 1.807) is 0 Å². The smallest absolute Gasteiger partial charge is 0.322 e. The lowest BCUT2D eigenvalue weighted by molar-refractivity contribution is -0.138. The Morgan fingerprint density at radius 2 is 2.06 bits per heavy atom. The highest BCUT2D eigenvalue weighted by molar-refractivity contribution is 5.82. The highest BCUT2D eigenvalue weighted by Crippen LogP contribution is 2.25. The van der Waals surface area contributed by atoms with Crippen molar-refractivity contribution in [3.63, 3.8) is 0 Å². The standard InChI is InChI=1S/C13H15NO4/c15-12(14-7-13(16)17)8-18-11-5-4-9-2-1-3-10(9)6-11/h4-6H,1-3,7-8H2,(H,14,15)(H,16,17). The Kier molecular flexibility index (Phi) is 3.82. The summed E-state index contributed by atoms with van der Waals surface area (Å²) < 4.78 is 5.32. The second-order valence-electron chi connectivity index (χ2n) is 4.24. The summed E-state index contributed by atoms with van der Waals surface area (Å²) in [6.45, 7) is -0.543. The molecule has 0 aromatic heterocycles. The number of carbonyl (C=O) groups excluding carboxylic acids is 1. The molecule has 1 amide bonds. The number of carboxylic acids is 1. The maximum Gasteiger partial charge on any atom is 0.322 e. The SMILES string of the molecule is O=C(O)CNC(=O)COc1ccc2c(c1)CCC2. The fourth-order valence-corrected chi connectivity index (χ4v) is 2.01. The van der Waals surface area contributed by atoms with Gasteiger partial charge in [-0.05, 0) is 42.5 Å². The molecule has 2 rings (SSSR count). The molecule has 0 saturated heterocycles. The quantitative estimate of drug-likeness (QED) is 0.807. The molecule has 1 aromatic carbocycles. The van der Waals surface area contributed by atoms with E-state index in [1.807, 2.05) is 18.2 Å². The number of rotatable bonds is 5. The van der Waals surface area contributed by atoms with Gasteiger partial charge in [-0.15, -0.1) is 0 Å². The fraction of sp³-hybridized carbons (Fsp3) is 0.385. The van der Waals surface area contributed by atoms with Gasteiger partial charge in [-0.25, -0.2) is 0 Å². The summed E-state index contributed by atoms with van der Waals surface area (Å²) in [6.07, 6.45) is 3.32. The van der Waals surface area contributed by atoms with Crippen molar-refractivity contribution >= 4 is 11.9 Å². The van der Waals surface area contributed by atoms with Gasteiger partial charge in [0.2, 0.25) is 0 Å². The number of benzene rings is 1. The Morgan fingerprint density at radius 1 is 1.28 bits per heavy atom. The molecule has 0 fully saturated rings. The van der Waals surface area contributed by atoms with Gasteiger partial charge in [0, 0.05) is 0 Å². The number of ether oxygens (including phenoxy) is 1. The molecule has 0 spiro atoms. The van der Waals surface area contributed by atoms with Crippen molar-refractivity contribution in [1.82, 2.24) is 5.32 Å². The van der Waals surface area contributed by atoms with Crippen LogP contribution in [0.4, 0.5) is 0 Å². The maximum atomic E-state index is 11.3. The molecule has 0 radical (unpaired) electrons. The van der Waals surface area contributed by atoms with Crippen LogP contribution in [0.2, 0.25) is 0 Å². The summed E-state index contributed by atoms with van der Waals surface area (Å²) >= 11 is 0. The van der Waals surface area contributed by atoms with E-state index >= 15 is 0 Å². The largest absolute Gasteiger partial charge is 0.484 e. The van der Waals surface area contributed by atoms with Crippen LogP contribution < -0.4 is 10.1 Å². The van der Waals surface area contributed by atoms with E-state index in [2.05, 4.69) is 5.32 Å². The molecule has 0 unspecified atom stereocenters. The van der Waals surface area contributed by atoms with Crippen molar-refractivity contribution in [2.75, 3.05) is 13.2 Å². The highest BCUT2D eigenvalue weighted by atomic mass is 16.5. The Hall–Kier alpha value is -2.04. The van der Waals surface area contributed by atoms with Gasteiger partial charge in [-0.3, -0.25) is 9.59 Å². The fourth-order valence-electron chi connectivity index (χ4n) is 2.01. The van der Waals surface area contributed by atoms with Crippen LogP contribution in [-0.4, -0.2) is 30.1 Å². The summed E-state index contributed by atoms with van der Waals surface area (Å²) in [5.41, 5.74) is 2.62. The summed E-state index contributed by atoms with van der Waals surface area (Å²) in [5.74, 6) is -0.847. The molecule has 1 aromatic rings. The predicted octanol–water partition coefficient (Wildman–Crippen LogP) is 0.755. The van der Waals surface area contributed by atoms with Crippen LogP contribution in [-0.2, 0) is 22.4 Å². The van der Waals surface area contributed by atoms with E-state index in [0.29, 0.717) is 5.75 Å². The van der Waals surface area contributed by atoms with Crippen LogP contribution >= 0.6 is 0 Å². The Morgan fingerprint density at radius 3 is 2.83 bits per heavy atom. The molecule has 5 nitrogen and oxygen atoms in total. The number of hydrogen-bond acceptors (Lipinski definition) is 3. The van der Waals surface area contributed by atoms with Crippen LogP contribution in [0.5, 0.6) is 5.75 Å². The van der Waals surface area contributed by atoms with Crippen LogP contribution in [0.25, 0.3) is 0 Å². The molecule has 0 heterocycles. The van der Waals surface area contributed by atoms with Gasteiger partial charge in [0.05, 0.1) is 0 Å². The van der Waals surface area contributed by atoms with Crippen LogP contribution in [0.15, 0.2) is 18.2 Å². The molecule has 2 N–H and O–H groups in total. The first-order valence-electron chi connectivity index (χ1n) is 5.88. The number of hydrogen-bond donors (Lipinski definition) is 2. The van der Waals surface area contributed by atoms with Gasteiger partial charge in [0.25, 0.3) is 5.91 Å². The minimum atomic E-state index is -1.07. The molecule has 0 atom stereocenters. The average molecular weight is 249 g/mol. The molecule has 18 heavy (non-hydrogen) atoms. The second-order valence-corrected chi connectivity index (χ2v) is 4.24. The number of aliphatic carboxylic acids is 1. The van der Waals surface area contributed by atoms with E-state index in [1.165, 1.54) is 11.1 Å². The molecular weight excluding hydrogens is 234 g/mol. The number of aryl methyl sites for hydroxylation is 2. The van der Waals surface area contributed by atoms with Gasteiger partial charge in [0.15, 0.2) is 6.61 Å². The normalized spacial score (nSPS) is 12.9. The van der Waals surface area contributed by atoms with Gasteiger partial charge in [0.1, 0.15) is 12.3 Å². The zero-order valence-electron chi connectivity index (χ0n) is 9.94. The maximum absolute atomic E-state index is 11.3. The Balaban J connectivity index is 1.83. The van der Waals surface area contributed by atoms with Gasteiger partial charge < -0.3 is 15.2 Å². The van der Waals surface area contributed by atoms with E-state index in [4.69, 9.17) is 9.84 Å². The van der Waals surface area contributed by atoms with Crippen molar-refractivity contribution in [3.05, 3.63) is 29.3 Å². The van der Waals surface area contributed by atoms with Gasteiger partial charge in [-0.1, -0.05) is 6.07 Å². The van der Waals surface area contributed by atoms with Crippen molar-refractivity contribution < 1.29 is 19.4 Å². The third kappa shape index (κ3) is 3.23. The zero-order chi connectivity index (χ0) is 13.0. The summed E-state index contributed by atoms with van der Waals surface area (Å²) in [6, 6.07) is 5.81. The summed E-state index contributed by atoms with van der Waals surface area (Å²) in [7, 11) is 0. The van der Waals surface area contributed by atoms with E-state index in [9.17, 15) is 9.59 Å². The minimum absolute atomic E-state index is 0.161. The van der Waals surface area contributed by atoms with Crippen LogP contribution in [0.1, 0.15) is 17.5 Å². The van der Waals surface area contributed by atoms with Crippen molar-refractivity contribution in [3.8, 4) is 5.75 Å². The second kappa shape index (κ2) is 5.53. The lowest BCUT2D eigenvalue weighted by Crippen LogP contribution is -2.33. The monoisotopic (exact) mass is 249 g/mol. The van der Waals surface area contributed by atoms with Gasteiger partial charge >= 0.3 is 5.97 Å². The molecular formula is C13H15NO4. The third-order valence-electron chi connectivity index (χ3n) is 2.88. The van der Waals surface area contributed by atoms with Crippen molar-refractivity contribution in [2.45, 2.75) is 19.3 Å². The molecule has 1 aliphatic carbocycles. The zero-order valence-corrected chi connectivity index (χ0v) is 9.94. The van der Waals surface area contributed by atoms with Crippen LogP contribution in [0.3, 0.4) is 0 Å². The first-order valence-corrected chi connectivity index (χ1v) is 5.88. The Bertz CT molecular complexity index is 470. The van der Waals surface area contributed by atoms with Crippen LogP contribution in [0, 0.1) is 0 Å². The first-order chi connectivity index (χ1) is 8.65. The van der Waals surface area contributed by atoms with E-state index in [-0.39, 0.29) is 13.2 Å². The number of fused-ring (bicyclic) bond motifs is 1. The summed E-state index contributed by atoms with van der Waals surface area (Å²) in [4.78, 5) is 21.5. The topological polar surface area (TPSA) is 75.6 Å². The van der Waals surface area contributed by atoms with E-state index < -0.39 is 11.9 Å². The molecule has 1 aliphatic rings. The van der Waals surface area contributed by atoms with Crippen molar-refractivity contribution in [2.24, 2.45) is 0 Å². The lowest BCUT2D eigenvalue weighted by atomic mass is 10.1.